The highest BCUT2D eigenvalue weighted by atomic mass is 32.2. The summed E-state index contributed by atoms with van der Waals surface area (Å²) in [5.74, 6) is -1.43. The molecule has 144 valence electrons. The van der Waals surface area contributed by atoms with E-state index in [-0.39, 0.29) is 5.75 Å². The summed E-state index contributed by atoms with van der Waals surface area (Å²) in [5.41, 5.74) is 5.91. The van der Waals surface area contributed by atoms with Gasteiger partial charge in [-0.2, -0.15) is 0 Å². The number of unbranched alkanes of at least 4 members (excludes halogenated alkanes) is 7. The van der Waals surface area contributed by atoms with E-state index in [1.165, 1.54) is 25.7 Å². The lowest BCUT2D eigenvalue weighted by molar-refractivity contribution is -0.871. The molecule has 1 unspecified atom stereocenters. The highest BCUT2D eigenvalue weighted by molar-refractivity contribution is 7.92. The minimum atomic E-state index is -3.73. The topological polar surface area (TPSA) is 97.5 Å². The molecular weight excluding hydrogens is 328 g/mol. The summed E-state index contributed by atoms with van der Waals surface area (Å²) in [6.07, 6.45) is 8.33. The average Bonchev–Trinajstić information content (AvgIpc) is 2.38. The number of likely N-dealkylation sites (N-methyl/N-ethyl adjacent to an activating group) is 1. The standard InChI is InChI=1S/C17H36N2O4S/c1-5-6-7-8-9-10-11-12-13-24(22,23)16(17(20)21)15(18)14-19(2,3)4/h15-16H,5-14,18H2,1-4H3/p+1/t15?,16-/m1/s1. The maximum absolute atomic E-state index is 12.4. The quantitative estimate of drug-likeness (QED) is 0.362. The zero-order chi connectivity index (χ0) is 18.8. The number of nitrogens with two attached hydrogens (primary N) is 1. The van der Waals surface area contributed by atoms with Gasteiger partial charge in [-0.1, -0.05) is 51.9 Å². The van der Waals surface area contributed by atoms with E-state index >= 15 is 0 Å². The van der Waals surface area contributed by atoms with Gasteiger partial charge in [-0.15, -0.1) is 0 Å². The highest BCUT2D eigenvalue weighted by Crippen LogP contribution is 2.14. The molecule has 24 heavy (non-hydrogen) atoms. The number of rotatable bonds is 14. The van der Waals surface area contributed by atoms with Gasteiger partial charge in [0.1, 0.15) is 0 Å². The smallest absolute Gasteiger partial charge is 0.323 e. The van der Waals surface area contributed by atoms with Crippen molar-refractivity contribution in [3.63, 3.8) is 0 Å². The van der Waals surface area contributed by atoms with Gasteiger partial charge in [0.25, 0.3) is 0 Å². The van der Waals surface area contributed by atoms with E-state index in [4.69, 9.17) is 5.73 Å². The number of sulfone groups is 1. The normalized spacial score (nSPS) is 15.2. The summed E-state index contributed by atoms with van der Waals surface area (Å²) < 4.78 is 25.2. The van der Waals surface area contributed by atoms with Gasteiger partial charge < -0.3 is 15.3 Å². The molecule has 0 aliphatic carbocycles. The van der Waals surface area contributed by atoms with Crippen LogP contribution in [0.15, 0.2) is 0 Å². The monoisotopic (exact) mass is 365 g/mol. The predicted octanol–water partition coefficient (Wildman–Crippen LogP) is 2.03. The second-order valence-corrected chi connectivity index (χ2v) is 9.98. The molecule has 0 bridgehead atoms. The Balaban J connectivity index is 4.41. The first kappa shape index (κ1) is 23.3. The van der Waals surface area contributed by atoms with E-state index < -0.39 is 27.1 Å². The molecule has 0 rings (SSSR count). The zero-order valence-electron chi connectivity index (χ0n) is 15.8. The summed E-state index contributed by atoms with van der Waals surface area (Å²) in [5, 5.41) is 7.82. The van der Waals surface area contributed by atoms with Crippen molar-refractivity contribution in [2.24, 2.45) is 5.73 Å². The minimum absolute atomic E-state index is 0.0935. The molecule has 0 aromatic rings. The molecule has 0 heterocycles. The highest BCUT2D eigenvalue weighted by Gasteiger charge is 2.39. The first-order valence-electron chi connectivity index (χ1n) is 9.01. The molecule has 0 spiro atoms. The maximum atomic E-state index is 12.4. The van der Waals surface area contributed by atoms with Gasteiger partial charge in [0.05, 0.1) is 39.5 Å². The van der Waals surface area contributed by atoms with Gasteiger partial charge in [0, 0.05) is 0 Å². The summed E-state index contributed by atoms with van der Waals surface area (Å²) >= 11 is 0. The van der Waals surface area contributed by atoms with Crippen molar-refractivity contribution in [1.29, 1.82) is 0 Å². The molecule has 0 aromatic heterocycles. The Kier molecular flexibility index (Phi) is 10.7. The number of aliphatic carboxylic acids is 1. The Morgan fingerprint density at radius 3 is 1.88 bits per heavy atom. The van der Waals surface area contributed by atoms with Crippen LogP contribution in [0.5, 0.6) is 0 Å². The van der Waals surface area contributed by atoms with Gasteiger partial charge >= 0.3 is 5.97 Å². The van der Waals surface area contributed by atoms with E-state index in [1.54, 1.807) is 0 Å². The Bertz CT molecular complexity index is 458. The molecule has 0 radical (unpaired) electrons. The molecule has 7 heteroatoms. The number of carboxylic acid groups (broad SMARTS) is 1. The van der Waals surface area contributed by atoms with Crippen LogP contribution in [0.1, 0.15) is 58.3 Å². The molecular formula is C17H37N2O4S+. The number of quaternary nitrogens is 1. The van der Waals surface area contributed by atoms with Gasteiger partial charge in [0.15, 0.2) is 15.1 Å². The lowest BCUT2D eigenvalue weighted by atomic mass is 10.1. The van der Waals surface area contributed by atoms with Crippen molar-refractivity contribution in [3.05, 3.63) is 0 Å². The molecule has 0 aliphatic heterocycles. The zero-order valence-corrected chi connectivity index (χ0v) is 16.6. The van der Waals surface area contributed by atoms with Crippen molar-refractivity contribution in [1.82, 2.24) is 0 Å². The predicted molar refractivity (Wildman–Crippen MR) is 98.7 cm³/mol. The third-order valence-corrected chi connectivity index (χ3v) is 6.24. The summed E-state index contributed by atoms with van der Waals surface area (Å²) in [6, 6.07) is -0.901. The van der Waals surface area contributed by atoms with Crippen LogP contribution in [0, 0.1) is 0 Å². The molecule has 0 amide bonds. The Morgan fingerprint density at radius 2 is 1.46 bits per heavy atom. The van der Waals surface area contributed by atoms with Crippen molar-refractivity contribution in [2.75, 3.05) is 33.4 Å². The van der Waals surface area contributed by atoms with Gasteiger partial charge in [-0.05, 0) is 6.42 Å². The number of hydrogen-bond donors (Lipinski definition) is 2. The van der Waals surface area contributed by atoms with Crippen LogP contribution in [-0.4, -0.2) is 68.7 Å². The van der Waals surface area contributed by atoms with Crippen LogP contribution in [0.25, 0.3) is 0 Å². The van der Waals surface area contributed by atoms with Gasteiger partial charge in [-0.25, -0.2) is 8.42 Å². The second-order valence-electron chi connectivity index (χ2n) is 7.74. The summed E-state index contributed by atoms with van der Waals surface area (Å²) in [7, 11) is 1.87. The van der Waals surface area contributed by atoms with Gasteiger partial charge in [0.2, 0.25) is 0 Å². The number of carboxylic acids is 1. The van der Waals surface area contributed by atoms with Crippen LogP contribution in [0.2, 0.25) is 0 Å². The number of nitrogens with zero attached hydrogens (tertiary/aromatic N) is 1. The van der Waals surface area contributed by atoms with Crippen molar-refractivity contribution in [2.45, 2.75) is 69.6 Å². The molecule has 0 saturated heterocycles. The Hall–Kier alpha value is -0.660. The average molecular weight is 366 g/mol. The molecule has 0 saturated carbocycles. The summed E-state index contributed by atoms with van der Waals surface area (Å²) in [6.45, 7) is 2.47. The number of hydrogen-bond acceptors (Lipinski definition) is 4. The third kappa shape index (κ3) is 10.3. The molecule has 0 aromatic carbocycles. The van der Waals surface area contributed by atoms with Crippen LogP contribution in [-0.2, 0) is 14.6 Å². The van der Waals surface area contributed by atoms with E-state index in [0.29, 0.717) is 17.4 Å². The Labute approximate surface area is 147 Å². The van der Waals surface area contributed by atoms with Crippen molar-refractivity contribution in [3.8, 4) is 0 Å². The van der Waals surface area contributed by atoms with Crippen LogP contribution in [0.4, 0.5) is 0 Å². The molecule has 2 atom stereocenters. The van der Waals surface area contributed by atoms with E-state index in [1.807, 2.05) is 21.1 Å². The van der Waals surface area contributed by atoms with Crippen molar-refractivity contribution < 1.29 is 22.8 Å². The fraction of sp³-hybridized carbons (Fsp3) is 0.941. The fourth-order valence-electron chi connectivity index (χ4n) is 2.90. The van der Waals surface area contributed by atoms with E-state index in [0.717, 1.165) is 19.3 Å². The lowest BCUT2D eigenvalue weighted by Crippen LogP contribution is -2.55. The first-order chi connectivity index (χ1) is 11.0. The molecule has 0 fully saturated rings. The van der Waals surface area contributed by atoms with Gasteiger partial charge in [-0.3, -0.25) is 4.79 Å². The second kappa shape index (κ2) is 11.1. The van der Waals surface area contributed by atoms with E-state index in [9.17, 15) is 18.3 Å². The fourth-order valence-corrected chi connectivity index (χ4v) is 4.68. The van der Waals surface area contributed by atoms with Crippen LogP contribution >= 0.6 is 0 Å². The number of carbonyl (C=O) groups is 1. The van der Waals surface area contributed by atoms with Crippen molar-refractivity contribution >= 4 is 15.8 Å². The van der Waals surface area contributed by atoms with E-state index in [2.05, 4.69) is 6.92 Å². The maximum Gasteiger partial charge on any atom is 0.323 e. The first-order valence-corrected chi connectivity index (χ1v) is 10.7. The molecule has 3 N–H and O–H groups in total. The third-order valence-electron chi connectivity index (χ3n) is 4.06. The lowest BCUT2D eigenvalue weighted by Gasteiger charge is -2.29. The Morgan fingerprint density at radius 1 is 1.00 bits per heavy atom. The minimum Gasteiger partial charge on any atom is -0.480 e. The van der Waals surface area contributed by atoms with Crippen LogP contribution in [0.3, 0.4) is 0 Å². The molecule has 6 nitrogen and oxygen atoms in total. The summed E-state index contributed by atoms with van der Waals surface area (Å²) in [4.78, 5) is 11.4. The largest absolute Gasteiger partial charge is 0.480 e. The molecule has 0 aliphatic rings. The SMILES string of the molecule is CCCCCCCCCCS(=O)(=O)[C@@H](C(=O)O)C(N)C[N+](C)(C)C. The van der Waals surface area contributed by atoms with Crippen LogP contribution < -0.4 is 5.73 Å².